The molecule has 1 saturated heterocycles. The number of carbonyl (C=O) groups is 1. The third-order valence-corrected chi connectivity index (χ3v) is 5.69. The fourth-order valence-corrected chi connectivity index (χ4v) is 4.03. The van der Waals surface area contributed by atoms with Crippen molar-refractivity contribution in [3.05, 3.63) is 35.4 Å². The number of rotatable bonds is 2. The summed E-state index contributed by atoms with van der Waals surface area (Å²) >= 11 is 0. The monoisotopic (exact) mass is 328 g/mol. The minimum absolute atomic E-state index is 0.132. The Morgan fingerprint density at radius 3 is 2.04 bits per heavy atom. The first kappa shape index (κ1) is 17.5. The van der Waals surface area contributed by atoms with Crippen molar-refractivity contribution in [1.29, 1.82) is 0 Å². The number of amides is 1. The van der Waals surface area contributed by atoms with Crippen LogP contribution >= 0.6 is 0 Å². The lowest BCUT2D eigenvalue weighted by Crippen LogP contribution is -2.52. The molecule has 2 fully saturated rings. The number of nitrogens with zero attached hydrogens (tertiary/aromatic N) is 2. The number of benzene rings is 1. The van der Waals surface area contributed by atoms with Gasteiger partial charge in [0.1, 0.15) is 0 Å². The third-order valence-electron chi connectivity index (χ3n) is 5.69. The Kier molecular flexibility index (Phi) is 5.29. The van der Waals surface area contributed by atoms with Gasteiger partial charge in [-0.15, -0.1) is 0 Å². The summed E-state index contributed by atoms with van der Waals surface area (Å²) in [4.78, 5) is 17.4. The molecule has 1 aromatic rings. The lowest BCUT2D eigenvalue weighted by Gasteiger charge is -2.40. The Morgan fingerprint density at radius 2 is 1.50 bits per heavy atom. The molecule has 3 nitrogen and oxygen atoms in total. The van der Waals surface area contributed by atoms with Crippen LogP contribution < -0.4 is 0 Å². The predicted octanol–water partition coefficient (Wildman–Crippen LogP) is 4.07. The molecule has 0 radical (unpaired) electrons. The average molecular weight is 329 g/mol. The zero-order valence-electron chi connectivity index (χ0n) is 15.6. The van der Waals surface area contributed by atoms with E-state index in [1.807, 2.05) is 17.0 Å². The molecule has 0 atom stereocenters. The molecular weight excluding hydrogens is 296 g/mol. The molecule has 0 bridgehead atoms. The second-order valence-corrected chi connectivity index (χ2v) is 8.45. The summed E-state index contributed by atoms with van der Waals surface area (Å²) < 4.78 is 0. The van der Waals surface area contributed by atoms with Gasteiger partial charge in [0.25, 0.3) is 5.91 Å². The average Bonchev–Trinajstić information content (AvgIpc) is 2.61. The van der Waals surface area contributed by atoms with Gasteiger partial charge in [0.05, 0.1) is 0 Å². The van der Waals surface area contributed by atoms with Crippen LogP contribution in [0, 0.1) is 0 Å². The lowest BCUT2D eigenvalue weighted by atomic mass is 9.86. The number of piperazine rings is 1. The summed E-state index contributed by atoms with van der Waals surface area (Å²) in [6, 6.07) is 8.96. The molecule has 0 aromatic heterocycles. The maximum Gasteiger partial charge on any atom is 0.253 e. The van der Waals surface area contributed by atoms with Crippen LogP contribution in [-0.2, 0) is 5.41 Å². The highest BCUT2D eigenvalue weighted by Gasteiger charge is 2.27. The molecule has 0 unspecified atom stereocenters. The van der Waals surface area contributed by atoms with Crippen LogP contribution in [0.15, 0.2) is 24.3 Å². The summed E-state index contributed by atoms with van der Waals surface area (Å²) in [5, 5.41) is 0. The highest BCUT2D eigenvalue weighted by molar-refractivity contribution is 5.94. The largest absolute Gasteiger partial charge is 0.336 e. The number of carbonyl (C=O) groups excluding carboxylic acids is 1. The number of hydrogen-bond donors (Lipinski definition) is 0. The second kappa shape index (κ2) is 7.26. The predicted molar refractivity (Wildman–Crippen MR) is 99.5 cm³/mol. The highest BCUT2D eigenvalue weighted by atomic mass is 16.2. The zero-order chi connectivity index (χ0) is 17.2. The van der Waals surface area contributed by atoms with Crippen LogP contribution in [0.3, 0.4) is 0 Å². The van der Waals surface area contributed by atoms with E-state index in [1.54, 1.807) is 0 Å². The normalized spacial score (nSPS) is 21.0. The van der Waals surface area contributed by atoms with E-state index in [4.69, 9.17) is 0 Å². The Morgan fingerprint density at radius 1 is 0.917 bits per heavy atom. The van der Waals surface area contributed by atoms with Gasteiger partial charge >= 0.3 is 0 Å². The zero-order valence-corrected chi connectivity index (χ0v) is 15.6. The van der Waals surface area contributed by atoms with Crippen molar-refractivity contribution in [2.75, 3.05) is 26.2 Å². The van der Waals surface area contributed by atoms with Gasteiger partial charge in [-0.1, -0.05) is 52.2 Å². The topological polar surface area (TPSA) is 23.6 Å². The second-order valence-electron chi connectivity index (χ2n) is 8.45. The van der Waals surface area contributed by atoms with Crippen molar-refractivity contribution < 1.29 is 4.79 Å². The summed E-state index contributed by atoms with van der Waals surface area (Å²) in [6.45, 7) is 10.4. The van der Waals surface area contributed by atoms with E-state index >= 15 is 0 Å². The summed E-state index contributed by atoms with van der Waals surface area (Å²) in [7, 11) is 0. The molecule has 0 N–H and O–H groups in total. The Hall–Kier alpha value is -1.35. The fraction of sp³-hybridized carbons (Fsp3) is 0.667. The van der Waals surface area contributed by atoms with E-state index in [1.165, 1.54) is 37.7 Å². The molecule has 1 saturated carbocycles. The molecule has 132 valence electrons. The van der Waals surface area contributed by atoms with Gasteiger partial charge in [0.15, 0.2) is 0 Å². The van der Waals surface area contributed by atoms with Gasteiger partial charge in [-0.25, -0.2) is 0 Å². The Balaban J connectivity index is 1.56. The van der Waals surface area contributed by atoms with E-state index in [2.05, 4.69) is 37.8 Å². The summed E-state index contributed by atoms with van der Waals surface area (Å²) in [6.07, 6.45) is 6.86. The molecule has 3 rings (SSSR count). The van der Waals surface area contributed by atoms with E-state index in [9.17, 15) is 4.79 Å². The van der Waals surface area contributed by atoms with E-state index < -0.39 is 0 Å². The van der Waals surface area contributed by atoms with Crippen molar-refractivity contribution in [1.82, 2.24) is 9.80 Å². The van der Waals surface area contributed by atoms with Crippen molar-refractivity contribution in [3.63, 3.8) is 0 Å². The molecule has 1 aliphatic carbocycles. The van der Waals surface area contributed by atoms with Crippen LogP contribution in [0.1, 0.15) is 68.8 Å². The van der Waals surface area contributed by atoms with Gasteiger partial charge in [-0.05, 0) is 36.0 Å². The smallest absolute Gasteiger partial charge is 0.253 e. The van der Waals surface area contributed by atoms with E-state index in [-0.39, 0.29) is 11.3 Å². The first-order chi connectivity index (χ1) is 11.4. The molecular formula is C21H32N2O. The van der Waals surface area contributed by atoms with Gasteiger partial charge < -0.3 is 4.90 Å². The SMILES string of the molecule is CC(C)(C)c1ccc(C(=O)N2CCN(C3CCCCC3)CC2)cc1. The first-order valence-corrected chi connectivity index (χ1v) is 9.59. The molecule has 0 spiro atoms. The number of hydrogen-bond acceptors (Lipinski definition) is 2. The van der Waals surface area contributed by atoms with Crippen LogP contribution in [-0.4, -0.2) is 47.9 Å². The Labute approximate surface area is 147 Å². The molecule has 1 aromatic carbocycles. The highest BCUT2D eigenvalue weighted by Crippen LogP contribution is 2.25. The molecule has 1 aliphatic heterocycles. The van der Waals surface area contributed by atoms with E-state index in [0.717, 1.165) is 37.8 Å². The molecule has 1 heterocycles. The first-order valence-electron chi connectivity index (χ1n) is 9.59. The van der Waals surface area contributed by atoms with Gasteiger partial charge in [0, 0.05) is 37.8 Å². The quantitative estimate of drug-likeness (QED) is 0.817. The van der Waals surface area contributed by atoms with Crippen LogP contribution in [0.25, 0.3) is 0 Å². The molecule has 2 aliphatic rings. The maximum absolute atomic E-state index is 12.8. The van der Waals surface area contributed by atoms with Crippen LogP contribution in [0.5, 0.6) is 0 Å². The summed E-state index contributed by atoms with van der Waals surface area (Å²) in [5.41, 5.74) is 2.24. The van der Waals surface area contributed by atoms with Crippen molar-refractivity contribution in [2.24, 2.45) is 0 Å². The molecule has 1 amide bonds. The minimum atomic E-state index is 0.132. The maximum atomic E-state index is 12.8. The van der Waals surface area contributed by atoms with Gasteiger partial charge in [-0.3, -0.25) is 9.69 Å². The van der Waals surface area contributed by atoms with Crippen molar-refractivity contribution in [3.8, 4) is 0 Å². The van der Waals surface area contributed by atoms with Crippen molar-refractivity contribution >= 4 is 5.91 Å². The fourth-order valence-electron chi connectivity index (χ4n) is 4.03. The summed E-state index contributed by atoms with van der Waals surface area (Å²) in [5.74, 6) is 0.193. The van der Waals surface area contributed by atoms with E-state index in [0.29, 0.717) is 0 Å². The molecule has 3 heteroatoms. The Bertz CT molecular complexity index is 544. The van der Waals surface area contributed by atoms with Crippen LogP contribution in [0.4, 0.5) is 0 Å². The lowest BCUT2D eigenvalue weighted by molar-refractivity contribution is 0.0523. The van der Waals surface area contributed by atoms with Crippen molar-refractivity contribution in [2.45, 2.75) is 64.3 Å². The van der Waals surface area contributed by atoms with Gasteiger partial charge in [0.2, 0.25) is 0 Å². The third kappa shape index (κ3) is 4.00. The minimum Gasteiger partial charge on any atom is -0.336 e. The van der Waals surface area contributed by atoms with Crippen LogP contribution in [0.2, 0.25) is 0 Å². The standard InChI is InChI=1S/C21H32N2O/c1-21(2,3)18-11-9-17(10-12-18)20(24)23-15-13-22(14-16-23)19-7-5-4-6-8-19/h9-12,19H,4-8,13-16H2,1-3H3. The van der Waals surface area contributed by atoms with Gasteiger partial charge in [-0.2, -0.15) is 0 Å². The molecule has 24 heavy (non-hydrogen) atoms.